The fourth-order valence-electron chi connectivity index (χ4n) is 1.08. The van der Waals surface area contributed by atoms with Gasteiger partial charge < -0.3 is 10.1 Å². The minimum Gasteiger partial charge on any atom is -0.376 e. The highest BCUT2D eigenvalue weighted by Crippen LogP contribution is 2.19. The Morgan fingerprint density at radius 2 is 2.19 bits per heavy atom. The minimum absolute atomic E-state index is 0.160. The molecule has 0 aliphatic rings. The van der Waals surface area contributed by atoms with Gasteiger partial charge in [0.1, 0.15) is 5.82 Å². The maximum atomic E-state index is 11.8. The molecule has 1 N–H and O–H groups in total. The lowest BCUT2D eigenvalue weighted by molar-refractivity contribution is -0.146. The Morgan fingerprint density at radius 3 is 2.81 bits per heavy atom. The molecule has 0 aliphatic heterocycles. The number of nitrogens with one attached hydrogen (secondary N) is 1. The van der Waals surface area contributed by atoms with E-state index in [4.69, 9.17) is 4.74 Å². The van der Waals surface area contributed by atoms with Crippen molar-refractivity contribution in [1.82, 2.24) is 4.98 Å². The van der Waals surface area contributed by atoms with Crippen LogP contribution in [0.15, 0.2) is 18.3 Å². The van der Waals surface area contributed by atoms with Gasteiger partial charge in [-0.25, -0.2) is 4.98 Å². The first-order valence-corrected chi connectivity index (χ1v) is 4.78. The van der Waals surface area contributed by atoms with Crippen molar-refractivity contribution in [2.24, 2.45) is 0 Å². The molecule has 6 heteroatoms. The molecule has 3 nitrogen and oxygen atoms in total. The van der Waals surface area contributed by atoms with Gasteiger partial charge in [0.05, 0.1) is 19.6 Å². The summed E-state index contributed by atoms with van der Waals surface area (Å²) in [5, 5.41) is 2.84. The Labute approximate surface area is 91.6 Å². The highest BCUT2D eigenvalue weighted by Gasteiger charge is 2.26. The number of ether oxygens (including phenoxy) is 1. The monoisotopic (exact) mass is 234 g/mol. The average molecular weight is 234 g/mol. The van der Waals surface area contributed by atoms with Crippen LogP contribution in [0.1, 0.15) is 12.0 Å². The zero-order valence-electron chi connectivity index (χ0n) is 8.84. The molecule has 0 spiro atoms. The fourth-order valence-corrected chi connectivity index (χ4v) is 1.08. The van der Waals surface area contributed by atoms with E-state index in [1.807, 2.05) is 0 Å². The second kappa shape index (κ2) is 5.69. The molecule has 16 heavy (non-hydrogen) atoms. The van der Waals surface area contributed by atoms with Gasteiger partial charge in [0.15, 0.2) is 0 Å². The number of alkyl halides is 3. The van der Waals surface area contributed by atoms with Crippen molar-refractivity contribution < 1.29 is 17.9 Å². The molecule has 1 heterocycles. The second-order valence-corrected chi connectivity index (χ2v) is 3.22. The van der Waals surface area contributed by atoms with Gasteiger partial charge in [-0.15, -0.1) is 0 Å². The smallest absolute Gasteiger partial charge is 0.376 e. The molecule has 0 atom stereocenters. The summed E-state index contributed by atoms with van der Waals surface area (Å²) >= 11 is 0. The quantitative estimate of drug-likeness (QED) is 0.795. The molecule has 0 radical (unpaired) electrons. The van der Waals surface area contributed by atoms with Crippen LogP contribution in [0.4, 0.5) is 19.0 Å². The van der Waals surface area contributed by atoms with Gasteiger partial charge in [0.25, 0.3) is 0 Å². The summed E-state index contributed by atoms with van der Waals surface area (Å²) in [6, 6.07) is 3.43. The zero-order chi connectivity index (χ0) is 12.0. The predicted octanol–water partition coefficient (Wildman–Crippen LogP) is 2.59. The molecule has 0 aromatic carbocycles. The molecule has 0 unspecified atom stereocenters. The van der Waals surface area contributed by atoms with E-state index in [0.717, 1.165) is 5.56 Å². The SMILES string of the molecule is CNc1cc(COCCC(F)(F)F)ccn1. The van der Waals surface area contributed by atoms with E-state index in [1.165, 1.54) is 0 Å². The van der Waals surface area contributed by atoms with E-state index in [1.54, 1.807) is 25.4 Å². The molecule has 0 amide bonds. The third-order valence-corrected chi connectivity index (χ3v) is 1.88. The normalized spacial score (nSPS) is 11.5. The average Bonchev–Trinajstić information content (AvgIpc) is 2.23. The molecule has 1 aromatic rings. The summed E-state index contributed by atoms with van der Waals surface area (Å²) in [6.07, 6.45) is -3.50. The molecule has 0 bridgehead atoms. The Balaban J connectivity index is 2.32. The molecule has 0 aliphatic carbocycles. The Bertz CT molecular complexity index is 328. The molecule has 0 fully saturated rings. The fraction of sp³-hybridized carbons (Fsp3) is 0.500. The summed E-state index contributed by atoms with van der Waals surface area (Å²) < 4.78 is 40.3. The topological polar surface area (TPSA) is 34.1 Å². The summed E-state index contributed by atoms with van der Waals surface area (Å²) in [4.78, 5) is 3.98. The van der Waals surface area contributed by atoms with Crippen LogP contribution in [0.25, 0.3) is 0 Å². The van der Waals surface area contributed by atoms with Gasteiger partial charge >= 0.3 is 6.18 Å². The summed E-state index contributed by atoms with van der Waals surface area (Å²) in [6.45, 7) is -0.159. The van der Waals surface area contributed by atoms with E-state index >= 15 is 0 Å². The maximum absolute atomic E-state index is 11.8. The molecular formula is C10H13F3N2O. The zero-order valence-corrected chi connectivity index (χ0v) is 8.84. The Hall–Kier alpha value is -1.30. The van der Waals surface area contributed by atoms with E-state index < -0.39 is 12.6 Å². The number of pyridine rings is 1. The number of anilines is 1. The van der Waals surface area contributed by atoms with Gasteiger partial charge in [0, 0.05) is 13.2 Å². The summed E-state index contributed by atoms with van der Waals surface area (Å²) in [5.74, 6) is 0.664. The highest BCUT2D eigenvalue weighted by molar-refractivity contribution is 5.36. The first-order valence-electron chi connectivity index (χ1n) is 4.78. The van der Waals surface area contributed by atoms with Crippen molar-refractivity contribution in [3.05, 3.63) is 23.9 Å². The van der Waals surface area contributed by atoms with E-state index in [-0.39, 0.29) is 13.2 Å². The molecular weight excluding hydrogens is 221 g/mol. The number of nitrogens with zero attached hydrogens (tertiary/aromatic N) is 1. The van der Waals surface area contributed by atoms with Crippen LogP contribution in [-0.4, -0.2) is 24.8 Å². The summed E-state index contributed by atoms with van der Waals surface area (Å²) in [7, 11) is 1.72. The van der Waals surface area contributed by atoms with Crippen LogP contribution in [-0.2, 0) is 11.3 Å². The van der Waals surface area contributed by atoms with Crippen LogP contribution in [0.5, 0.6) is 0 Å². The lowest BCUT2D eigenvalue weighted by Crippen LogP contribution is -2.11. The number of hydrogen-bond acceptors (Lipinski definition) is 3. The van der Waals surface area contributed by atoms with E-state index in [2.05, 4.69) is 10.3 Å². The standard InChI is InChI=1S/C10H13F3N2O/c1-14-9-6-8(2-4-15-9)7-16-5-3-10(11,12)13/h2,4,6H,3,5,7H2,1H3,(H,14,15). The lowest BCUT2D eigenvalue weighted by atomic mass is 10.3. The van der Waals surface area contributed by atoms with Crippen LogP contribution in [0.3, 0.4) is 0 Å². The van der Waals surface area contributed by atoms with Crippen LogP contribution >= 0.6 is 0 Å². The van der Waals surface area contributed by atoms with E-state index in [9.17, 15) is 13.2 Å². The van der Waals surface area contributed by atoms with Crippen LogP contribution in [0.2, 0.25) is 0 Å². The molecule has 90 valence electrons. The van der Waals surface area contributed by atoms with E-state index in [0.29, 0.717) is 5.82 Å². The van der Waals surface area contributed by atoms with Gasteiger partial charge in [-0.1, -0.05) is 0 Å². The molecule has 1 rings (SSSR count). The van der Waals surface area contributed by atoms with Gasteiger partial charge in [-0.2, -0.15) is 13.2 Å². The lowest BCUT2D eigenvalue weighted by Gasteiger charge is -2.07. The second-order valence-electron chi connectivity index (χ2n) is 3.22. The minimum atomic E-state index is -4.16. The predicted molar refractivity (Wildman–Crippen MR) is 54.1 cm³/mol. The molecule has 0 saturated carbocycles. The van der Waals surface area contributed by atoms with Crippen LogP contribution < -0.4 is 5.32 Å². The number of halogens is 3. The number of aromatic nitrogens is 1. The number of rotatable bonds is 5. The third kappa shape index (κ3) is 4.97. The third-order valence-electron chi connectivity index (χ3n) is 1.88. The Morgan fingerprint density at radius 1 is 1.44 bits per heavy atom. The van der Waals surface area contributed by atoms with Crippen molar-refractivity contribution in [1.29, 1.82) is 0 Å². The van der Waals surface area contributed by atoms with Gasteiger partial charge in [-0.05, 0) is 17.7 Å². The first kappa shape index (κ1) is 12.8. The van der Waals surface area contributed by atoms with Crippen molar-refractivity contribution in [2.45, 2.75) is 19.2 Å². The van der Waals surface area contributed by atoms with Crippen LogP contribution in [0, 0.1) is 0 Å². The van der Waals surface area contributed by atoms with Crippen molar-refractivity contribution in [2.75, 3.05) is 19.0 Å². The van der Waals surface area contributed by atoms with Crippen molar-refractivity contribution >= 4 is 5.82 Å². The van der Waals surface area contributed by atoms with Gasteiger partial charge in [0.2, 0.25) is 0 Å². The molecule has 0 saturated heterocycles. The maximum Gasteiger partial charge on any atom is 0.391 e. The van der Waals surface area contributed by atoms with Crippen molar-refractivity contribution in [3.63, 3.8) is 0 Å². The Kier molecular flexibility index (Phi) is 4.54. The van der Waals surface area contributed by atoms with Crippen molar-refractivity contribution in [3.8, 4) is 0 Å². The first-order chi connectivity index (χ1) is 7.51. The molecule has 1 aromatic heterocycles. The largest absolute Gasteiger partial charge is 0.391 e. The summed E-state index contributed by atoms with van der Waals surface area (Å²) in [5.41, 5.74) is 0.793. The number of hydrogen-bond donors (Lipinski definition) is 1. The van der Waals surface area contributed by atoms with Gasteiger partial charge in [-0.3, -0.25) is 0 Å². The highest BCUT2D eigenvalue weighted by atomic mass is 19.4.